The lowest BCUT2D eigenvalue weighted by Crippen LogP contribution is -2.46. The Kier molecular flexibility index (Phi) is 10.5. The first kappa shape index (κ1) is 20.1. The molecule has 1 saturated heterocycles. The molecule has 3 rings (SSSR count). The Balaban J connectivity index is 0.000000297. The van der Waals surface area contributed by atoms with E-state index < -0.39 is 0 Å². The summed E-state index contributed by atoms with van der Waals surface area (Å²) in [6.07, 6.45) is 6.00. The largest absolute Gasteiger partial charge is 0.370 e. The molecular formula is C18H30N4O2. The van der Waals surface area contributed by atoms with Crippen LogP contribution in [0.2, 0.25) is 0 Å². The second-order valence-electron chi connectivity index (χ2n) is 5.97. The van der Waals surface area contributed by atoms with E-state index in [4.69, 9.17) is 0 Å². The molecule has 2 aliphatic rings. The SMILES string of the molecule is C1CCC1.CC(N)=O.O=C(CN1CCNCC1)Nc1ccccc1. The van der Waals surface area contributed by atoms with Crippen LogP contribution in [0.4, 0.5) is 5.69 Å². The Hall–Kier alpha value is -1.92. The van der Waals surface area contributed by atoms with Gasteiger partial charge < -0.3 is 16.4 Å². The van der Waals surface area contributed by atoms with Gasteiger partial charge in [-0.25, -0.2) is 0 Å². The summed E-state index contributed by atoms with van der Waals surface area (Å²) in [5, 5.41) is 6.15. The van der Waals surface area contributed by atoms with Crippen LogP contribution in [0, 0.1) is 0 Å². The van der Waals surface area contributed by atoms with Crippen molar-refractivity contribution in [1.82, 2.24) is 10.2 Å². The van der Waals surface area contributed by atoms with E-state index in [1.54, 1.807) is 0 Å². The van der Waals surface area contributed by atoms with Crippen molar-refractivity contribution in [2.75, 3.05) is 38.0 Å². The van der Waals surface area contributed by atoms with E-state index in [2.05, 4.69) is 21.3 Å². The topological polar surface area (TPSA) is 87.5 Å². The molecule has 6 heteroatoms. The monoisotopic (exact) mass is 334 g/mol. The Bertz CT molecular complexity index is 461. The van der Waals surface area contributed by atoms with E-state index >= 15 is 0 Å². The van der Waals surface area contributed by atoms with E-state index in [9.17, 15) is 9.59 Å². The lowest BCUT2D eigenvalue weighted by atomic mass is 10.0. The van der Waals surface area contributed by atoms with Gasteiger partial charge >= 0.3 is 0 Å². The first-order valence-corrected chi connectivity index (χ1v) is 8.62. The number of piperazine rings is 1. The first-order chi connectivity index (χ1) is 11.6. The number of benzene rings is 1. The number of nitrogens with zero attached hydrogens (tertiary/aromatic N) is 1. The number of carbonyl (C=O) groups is 2. The number of rotatable bonds is 3. The second-order valence-corrected chi connectivity index (χ2v) is 5.97. The van der Waals surface area contributed by atoms with Crippen LogP contribution in [-0.4, -0.2) is 49.4 Å². The van der Waals surface area contributed by atoms with Gasteiger partial charge in [-0.2, -0.15) is 0 Å². The van der Waals surface area contributed by atoms with Crippen LogP contribution in [0.1, 0.15) is 32.6 Å². The highest BCUT2D eigenvalue weighted by atomic mass is 16.2. The van der Waals surface area contributed by atoms with Gasteiger partial charge in [0.25, 0.3) is 0 Å². The predicted molar refractivity (Wildman–Crippen MR) is 97.7 cm³/mol. The molecule has 24 heavy (non-hydrogen) atoms. The van der Waals surface area contributed by atoms with Gasteiger partial charge in [-0.05, 0) is 12.1 Å². The molecule has 2 fully saturated rings. The van der Waals surface area contributed by atoms with E-state index in [0.29, 0.717) is 6.54 Å². The zero-order valence-corrected chi connectivity index (χ0v) is 14.6. The molecule has 6 nitrogen and oxygen atoms in total. The zero-order chi connectivity index (χ0) is 17.6. The van der Waals surface area contributed by atoms with Gasteiger partial charge in [0, 0.05) is 38.8 Å². The van der Waals surface area contributed by atoms with Gasteiger partial charge in [-0.15, -0.1) is 0 Å². The zero-order valence-electron chi connectivity index (χ0n) is 14.6. The summed E-state index contributed by atoms with van der Waals surface area (Å²) in [6.45, 7) is 5.62. The molecule has 4 N–H and O–H groups in total. The quantitative estimate of drug-likeness (QED) is 0.783. The molecule has 0 unspecified atom stereocenters. The number of nitrogens with one attached hydrogen (secondary N) is 2. The molecule has 1 heterocycles. The van der Waals surface area contributed by atoms with Crippen LogP contribution in [0.3, 0.4) is 0 Å². The van der Waals surface area contributed by atoms with Gasteiger partial charge in [0.2, 0.25) is 11.8 Å². The van der Waals surface area contributed by atoms with E-state index in [1.807, 2.05) is 30.3 Å². The average molecular weight is 334 g/mol. The summed E-state index contributed by atoms with van der Waals surface area (Å²) in [5.41, 5.74) is 5.34. The Morgan fingerprint density at radius 1 is 1.08 bits per heavy atom. The normalized spacial score (nSPS) is 16.4. The molecule has 0 bridgehead atoms. The Morgan fingerprint density at radius 3 is 2.04 bits per heavy atom. The number of carbonyl (C=O) groups excluding carboxylic acids is 2. The summed E-state index contributed by atoms with van der Waals surface area (Å²) >= 11 is 0. The number of anilines is 1. The number of nitrogens with two attached hydrogens (primary N) is 1. The van der Waals surface area contributed by atoms with Crippen molar-refractivity contribution in [2.24, 2.45) is 5.73 Å². The molecule has 0 spiro atoms. The van der Waals surface area contributed by atoms with Gasteiger partial charge in [0.1, 0.15) is 0 Å². The number of amides is 2. The van der Waals surface area contributed by atoms with Crippen molar-refractivity contribution < 1.29 is 9.59 Å². The van der Waals surface area contributed by atoms with Gasteiger partial charge in [-0.1, -0.05) is 43.9 Å². The third-order valence-corrected chi connectivity index (χ3v) is 3.63. The highest BCUT2D eigenvalue weighted by Crippen LogP contribution is 2.15. The summed E-state index contributed by atoms with van der Waals surface area (Å²) < 4.78 is 0. The number of para-hydroxylation sites is 1. The third kappa shape index (κ3) is 10.7. The van der Waals surface area contributed by atoms with Crippen molar-refractivity contribution in [1.29, 1.82) is 0 Å². The molecule has 1 aliphatic heterocycles. The second kappa shape index (κ2) is 12.5. The molecule has 134 valence electrons. The number of hydrogen-bond donors (Lipinski definition) is 3. The fourth-order valence-corrected chi connectivity index (χ4v) is 2.04. The molecule has 0 aromatic heterocycles. The molecular weight excluding hydrogens is 304 g/mol. The maximum Gasteiger partial charge on any atom is 0.238 e. The van der Waals surface area contributed by atoms with Crippen molar-refractivity contribution >= 4 is 17.5 Å². The van der Waals surface area contributed by atoms with Crippen LogP contribution in [-0.2, 0) is 9.59 Å². The standard InChI is InChI=1S/C12H17N3O.C4H8.C2H5NO/c16-12(10-15-8-6-13-7-9-15)14-11-4-2-1-3-5-11;1-2-4-3-1;1-2(3)4/h1-5,13H,6-10H2,(H,14,16);1-4H2;1H3,(H2,3,4). The minimum atomic E-state index is -0.333. The lowest BCUT2D eigenvalue weighted by molar-refractivity contribution is -0.117. The molecule has 1 saturated carbocycles. The molecule has 0 atom stereocenters. The van der Waals surface area contributed by atoms with Crippen LogP contribution in [0.5, 0.6) is 0 Å². The molecule has 2 amide bonds. The van der Waals surface area contributed by atoms with Crippen molar-refractivity contribution in [2.45, 2.75) is 32.6 Å². The van der Waals surface area contributed by atoms with Crippen LogP contribution >= 0.6 is 0 Å². The van der Waals surface area contributed by atoms with Gasteiger partial charge in [-0.3, -0.25) is 14.5 Å². The van der Waals surface area contributed by atoms with Crippen molar-refractivity contribution in [3.05, 3.63) is 30.3 Å². The van der Waals surface area contributed by atoms with E-state index in [-0.39, 0.29) is 11.8 Å². The first-order valence-electron chi connectivity index (χ1n) is 8.62. The summed E-state index contributed by atoms with van der Waals surface area (Å²) in [4.78, 5) is 23.1. The predicted octanol–water partition coefficient (Wildman–Crippen LogP) is 1.58. The van der Waals surface area contributed by atoms with Crippen LogP contribution in [0.15, 0.2) is 30.3 Å². The maximum absolute atomic E-state index is 11.7. The Labute approximate surface area is 144 Å². The highest BCUT2D eigenvalue weighted by Gasteiger charge is 2.13. The van der Waals surface area contributed by atoms with Gasteiger partial charge in [0.05, 0.1) is 6.54 Å². The van der Waals surface area contributed by atoms with Crippen LogP contribution < -0.4 is 16.4 Å². The van der Waals surface area contributed by atoms with Gasteiger partial charge in [0.15, 0.2) is 0 Å². The van der Waals surface area contributed by atoms with E-state index in [1.165, 1.54) is 32.6 Å². The molecule has 1 aromatic carbocycles. The molecule has 1 aliphatic carbocycles. The smallest absolute Gasteiger partial charge is 0.238 e. The lowest BCUT2D eigenvalue weighted by Gasteiger charge is -2.26. The number of hydrogen-bond acceptors (Lipinski definition) is 4. The summed E-state index contributed by atoms with van der Waals surface area (Å²) in [7, 11) is 0. The van der Waals surface area contributed by atoms with Crippen molar-refractivity contribution in [3.8, 4) is 0 Å². The fourth-order valence-electron chi connectivity index (χ4n) is 2.04. The van der Waals surface area contributed by atoms with Crippen molar-refractivity contribution in [3.63, 3.8) is 0 Å². The maximum atomic E-state index is 11.7. The third-order valence-electron chi connectivity index (χ3n) is 3.63. The molecule has 0 radical (unpaired) electrons. The minimum Gasteiger partial charge on any atom is -0.370 e. The summed E-state index contributed by atoms with van der Waals surface area (Å²) in [6, 6.07) is 9.57. The fraction of sp³-hybridized carbons (Fsp3) is 0.556. The van der Waals surface area contributed by atoms with E-state index in [0.717, 1.165) is 31.9 Å². The molecule has 1 aromatic rings. The minimum absolute atomic E-state index is 0.0631. The Morgan fingerprint density at radius 2 is 1.58 bits per heavy atom. The summed E-state index contributed by atoms with van der Waals surface area (Å²) in [5.74, 6) is -0.270. The van der Waals surface area contributed by atoms with Crippen LogP contribution in [0.25, 0.3) is 0 Å². The average Bonchev–Trinajstić information content (AvgIpc) is 2.47. The highest BCUT2D eigenvalue weighted by molar-refractivity contribution is 5.92. The number of primary amides is 1.